The van der Waals surface area contributed by atoms with Crippen molar-refractivity contribution in [1.82, 2.24) is 0 Å². The van der Waals surface area contributed by atoms with E-state index in [1.807, 2.05) is 158 Å². The molecule has 9 aromatic carbocycles. The van der Waals surface area contributed by atoms with Crippen molar-refractivity contribution in [2.75, 3.05) is 49.4 Å². The Morgan fingerprint density at radius 3 is 1.27 bits per heavy atom. The minimum absolute atomic E-state index is 0.00588. The number of anilines is 4. The highest BCUT2D eigenvalue weighted by Crippen LogP contribution is 2.26. The highest BCUT2D eigenvalue weighted by atomic mass is 16.5. The van der Waals surface area contributed by atoms with Gasteiger partial charge in [-0.3, -0.25) is 14.4 Å². The van der Waals surface area contributed by atoms with Gasteiger partial charge < -0.3 is 41.9 Å². The Kier molecular flexibility index (Phi) is 20.8. The molecule has 0 saturated carbocycles. The number of unbranched alkanes of at least 4 members (excludes halogenated alkanes) is 2. The number of hydrogen-bond acceptors (Lipinski definition) is 11. The maximum atomic E-state index is 12.7. The van der Waals surface area contributed by atoms with Gasteiger partial charge in [0.05, 0.1) is 24.6 Å². The number of ketones is 3. The van der Waals surface area contributed by atoms with Crippen LogP contribution in [0, 0.1) is 0 Å². The summed E-state index contributed by atoms with van der Waals surface area (Å²) in [6, 6.07) is 68.6. The molecule has 0 aliphatic rings. The summed E-state index contributed by atoms with van der Waals surface area (Å²) in [4.78, 5) is 37.1. The smallest absolute Gasteiger partial charge is 0.185 e. The van der Waals surface area contributed by atoms with Crippen molar-refractivity contribution in [3.63, 3.8) is 0 Å². The first-order valence-corrected chi connectivity index (χ1v) is 26.9. The molecule has 0 bridgehead atoms. The van der Waals surface area contributed by atoms with Crippen molar-refractivity contribution < 1.29 is 33.3 Å². The average Bonchev–Trinajstić information content (AvgIpc) is 3.50. The summed E-state index contributed by atoms with van der Waals surface area (Å²) in [5, 5.41) is 0. The van der Waals surface area contributed by atoms with Gasteiger partial charge in [0.25, 0.3) is 0 Å². The fraction of sp³-hybridized carbons (Fsp3) is 0.129. The standard InChI is InChI=1S/C37H32N2O4.C33H34N2O3/c38-32-23-31(24-33(39)25-32)37(41)22-27-6-11-28(12-7-27)29-13-17-35(18-14-29)43-21-20-42-34-15-8-26(9-16-34)10-19-36(40)30-4-2-1-3-5-30;34-31-19-18-30(24-32(31)35)38-22-6-2-5-21-37-29-16-13-27(14-17-29)23-26-11-9-25(10-12-26)15-20-33(36)28-7-3-1-4-8-28/h1-19,23-25H,20-22,38-39H2;1,3-4,7-20,24H,2,5-6,21-23,34-35H2/b19-10+;20-15+. The van der Waals surface area contributed by atoms with Crippen LogP contribution in [0.4, 0.5) is 22.7 Å². The predicted octanol–water partition coefficient (Wildman–Crippen LogP) is 14.3. The minimum Gasteiger partial charge on any atom is -0.494 e. The Morgan fingerprint density at radius 1 is 0.358 bits per heavy atom. The van der Waals surface area contributed by atoms with E-state index in [4.69, 9.17) is 41.9 Å². The van der Waals surface area contributed by atoms with Crippen LogP contribution < -0.4 is 41.9 Å². The number of nitrogen functional groups attached to an aromatic ring is 4. The summed E-state index contributed by atoms with van der Waals surface area (Å²) < 4.78 is 23.3. The first kappa shape index (κ1) is 57.1. The number of benzene rings is 9. The second kappa shape index (κ2) is 29.6. The lowest BCUT2D eigenvalue weighted by molar-refractivity contribution is 0.0991. The fourth-order valence-corrected chi connectivity index (χ4v) is 8.51. The van der Waals surface area contributed by atoms with Crippen LogP contribution in [0.15, 0.2) is 231 Å². The molecular formula is C70H66N4O7. The molecule has 11 heteroatoms. The highest BCUT2D eigenvalue weighted by Gasteiger charge is 2.10. The number of ether oxygens (including phenoxy) is 4. The monoisotopic (exact) mass is 1070 g/mol. The van der Waals surface area contributed by atoms with Crippen LogP contribution >= 0.6 is 0 Å². The minimum atomic E-state index is -0.0329. The van der Waals surface area contributed by atoms with Gasteiger partial charge in [-0.25, -0.2) is 0 Å². The molecule has 0 unspecified atom stereocenters. The third-order valence-corrected chi connectivity index (χ3v) is 13.0. The van der Waals surface area contributed by atoms with E-state index in [0.29, 0.717) is 65.9 Å². The van der Waals surface area contributed by atoms with Crippen molar-refractivity contribution in [1.29, 1.82) is 0 Å². The largest absolute Gasteiger partial charge is 0.494 e. The fourth-order valence-electron chi connectivity index (χ4n) is 8.51. The van der Waals surface area contributed by atoms with Gasteiger partial charge >= 0.3 is 0 Å². The first-order chi connectivity index (χ1) is 39.5. The van der Waals surface area contributed by atoms with Gasteiger partial charge in [-0.1, -0.05) is 158 Å². The third-order valence-electron chi connectivity index (χ3n) is 13.0. The molecule has 8 N–H and O–H groups in total. The van der Waals surface area contributed by atoms with Crippen molar-refractivity contribution >= 4 is 52.3 Å². The Hall–Kier alpha value is -10.1. The van der Waals surface area contributed by atoms with Gasteiger partial charge in [0.15, 0.2) is 17.3 Å². The Bertz CT molecular complexity index is 3490. The lowest BCUT2D eigenvalue weighted by atomic mass is 9.99. The van der Waals surface area contributed by atoms with E-state index < -0.39 is 0 Å². The molecule has 0 radical (unpaired) electrons. The Morgan fingerprint density at radius 2 is 0.765 bits per heavy atom. The summed E-state index contributed by atoms with van der Waals surface area (Å²) in [5.74, 6) is 3.05. The number of carbonyl (C=O) groups excluding carboxylic acids is 3. The number of Topliss-reactive ketones (excluding diaryl/α,β-unsaturated/α-hetero) is 1. The number of hydrogen-bond donors (Lipinski definition) is 4. The number of allylic oxidation sites excluding steroid dienone is 2. The lowest BCUT2D eigenvalue weighted by Gasteiger charge is -2.10. The molecule has 0 aliphatic carbocycles. The van der Waals surface area contributed by atoms with Crippen LogP contribution in [0.2, 0.25) is 0 Å². The van der Waals surface area contributed by atoms with E-state index in [1.165, 1.54) is 11.1 Å². The van der Waals surface area contributed by atoms with E-state index in [1.54, 1.807) is 60.7 Å². The van der Waals surface area contributed by atoms with Crippen molar-refractivity contribution in [2.24, 2.45) is 0 Å². The number of carbonyl (C=O) groups is 3. The average molecular weight is 1080 g/mol. The van der Waals surface area contributed by atoms with E-state index in [-0.39, 0.29) is 23.8 Å². The molecule has 0 saturated heterocycles. The maximum absolute atomic E-state index is 12.7. The summed E-state index contributed by atoms with van der Waals surface area (Å²) in [6.45, 7) is 2.11. The summed E-state index contributed by atoms with van der Waals surface area (Å²) in [5.41, 5.74) is 34.5. The molecule has 408 valence electrons. The molecule has 9 aromatic rings. The molecule has 9 rings (SSSR count). The van der Waals surface area contributed by atoms with E-state index in [9.17, 15) is 14.4 Å². The molecule has 11 nitrogen and oxygen atoms in total. The summed E-state index contributed by atoms with van der Waals surface area (Å²) in [6.07, 6.45) is 10.9. The maximum Gasteiger partial charge on any atom is 0.185 e. The summed E-state index contributed by atoms with van der Waals surface area (Å²) in [7, 11) is 0. The van der Waals surface area contributed by atoms with Crippen LogP contribution in [0.1, 0.15) is 78.2 Å². The second-order valence-corrected chi connectivity index (χ2v) is 19.2. The summed E-state index contributed by atoms with van der Waals surface area (Å²) >= 11 is 0. The number of nitrogens with two attached hydrogens (primary N) is 4. The predicted molar refractivity (Wildman–Crippen MR) is 328 cm³/mol. The molecule has 81 heavy (non-hydrogen) atoms. The van der Waals surface area contributed by atoms with Crippen molar-refractivity contribution in [2.45, 2.75) is 32.1 Å². The normalized spacial score (nSPS) is 10.9. The molecule has 0 fully saturated rings. The van der Waals surface area contributed by atoms with Crippen LogP contribution in [-0.2, 0) is 12.8 Å². The zero-order valence-corrected chi connectivity index (χ0v) is 45.1. The van der Waals surface area contributed by atoms with Crippen LogP contribution in [0.5, 0.6) is 23.0 Å². The quantitative estimate of drug-likeness (QED) is 0.0184. The molecule has 0 aromatic heterocycles. The molecule has 0 amide bonds. The van der Waals surface area contributed by atoms with Crippen LogP contribution in [0.25, 0.3) is 23.3 Å². The lowest BCUT2D eigenvalue weighted by Crippen LogP contribution is -2.08. The molecule has 0 heterocycles. The number of rotatable bonds is 25. The Balaban J connectivity index is 0.000000214. The van der Waals surface area contributed by atoms with Crippen LogP contribution in [0.3, 0.4) is 0 Å². The highest BCUT2D eigenvalue weighted by molar-refractivity contribution is 6.07. The zero-order chi connectivity index (χ0) is 56.6. The van der Waals surface area contributed by atoms with Crippen LogP contribution in [-0.4, -0.2) is 43.8 Å². The molecule has 0 atom stereocenters. The topological polar surface area (TPSA) is 192 Å². The van der Waals surface area contributed by atoms with Gasteiger partial charge in [-0.15, -0.1) is 0 Å². The second-order valence-electron chi connectivity index (χ2n) is 19.2. The first-order valence-electron chi connectivity index (χ1n) is 26.9. The van der Waals surface area contributed by atoms with Crippen molar-refractivity contribution in [3.05, 3.63) is 275 Å². The van der Waals surface area contributed by atoms with Gasteiger partial charge in [-0.2, -0.15) is 0 Å². The van der Waals surface area contributed by atoms with Gasteiger partial charge in [0.1, 0.15) is 36.2 Å². The van der Waals surface area contributed by atoms with E-state index >= 15 is 0 Å². The van der Waals surface area contributed by atoms with Gasteiger partial charge in [-0.05, 0) is 144 Å². The molecule has 0 spiro atoms. The molecular weight excluding hydrogens is 1010 g/mol. The molecule has 0 aliphatic heterocycles. The van der Waals surface area contributed by atoms with Gasteiger partial charge in [0, 0.05) is 40.6 Å². The SMILES string of the molecule is Nc1cc(N)cc(C(=O)Cc2ccc(-c3ccc(OCCOc4ccc(/C=C/C(=O)c5ccccc5)cc4)cc3)cc2)c1.Nc1ccc(OCCCCCOc2ccc(Cc3ccc(/C=C/C(=O)c4ccccc4)cc3)cc2)cc1N. The van der Waals surface area contributed by atoms with Gasteiger partial charge in [0.2, 0.25) is 0 Å². The van der Waals surface area contributed by atoms with Crippen molar-refractivity contribution in [3.8, 4) is 34.1 Å². The van der Waals surface area contributed by atoms with E-state index in [0.717, 1.165) is 76.5 Å². The Labute approximate surface area is 474 Å². The third kappa shape index (κ3) is 18.5. The zero-order valence-electron chi connectivity index (χ0n) is 45.1. The van der Waals surface area contributed by atoms with E-state index in [2.05, 4.69) is 24.3 Å².